The van der Waals surface area contributed by atoms with Crippen molar-refractivity contribution in [3.63, 3.8) is 0 Å². The van der Waals surface area contributed by atoms with Gasteiger partial charge in [0.25, 0.3) is 0 Å². The highest BCUT2D eigenvalue weighted by molar-refractivity contribution is 7.86. The number of hydrogen-bond acceptors (Lipinski definition) is 3. The fourth-order valence-corrected chi connectivity index (χ4v) is 2.56. The molecule has 1 aromatic rings. The van der Waals surface area contributed by atoms with E-state index in [-0.39, 0.29) is 18.3 Å². The monoisotopic (exact) mass is 269 g/mol. The van der Waals surface area contributed by atoms with E-state index in [4.69, 9.17) is 5.11 Å². The van der Waals surface area contributed by atoms with Gasteiger partial charge in [0.1, 0.15) is 5.25 Å². The van der Waals surface area contributed by atoms with Crippen molar-refractivity contribution >= 4 is 16.7 Å². The highest BCUT2D eigenvalue weighted by Crippen LogP contribution is 2.07. The van der Waals surface area contributed by atoms with E-state index in [1.807, 2.05) is 30.3 Å². The summed E-state index contributed by atoms with van der Waals surface area (Å²) in [7, 11) is 0.382. The third kappa shape index (κ3) is 4.23. The number of aliphatic hydroxyl groups is 1. The van der Waals surface area contributed by atoms with Crippen molar-refractivity contribution in [3.8, 4) is 0 Å². The van der Waals surface area contributed by atoms with E-state index in [0.717, 1.165) is 5.56 Å². The summed E-state index contributed by atoms with van der Waals surface area (Å²) in [5, 5.41) is 8.15. The Kier molecular flexibility index (Phi) is 6.01. The van der Waals surface area contributed by atoms with Crippen molar-refractivity contribution < 1.29 is 14.1 Å². The molecule has 0 radical (unpaired) electrons. The Labute approximate surface area is 110 Å². The van der Waals surface area contributed by atoms with Crippen LogP contribution in [0.4, 0.5) is 0 Å². The lowest BCUT2D eigenvalue weighted by Gasteiger charge is -2.21. The lowest BCUT2D eigenvalue weighted by atomic mass is 10.2. The first kappa shape index (κ1) is 14.9. The van der Waals surface area contributed by atoms with Gasteiger partial charge >= 0.3 is 0 Å². The summed E-state index contributed by atoms with van der Waals surface area (Å²) in [6.45, 7) is 1.97. The number of aliphatic hydroxyl groups excluding tert-OH is 1. The second-order valence-corrected chi connectivity index (χ2v) is 6.01. The molecule has 0 heterocycles. The van der Waals surface area contributed by atoms with Gasteiger partial charge in [-0.3, -0.25) is 9.00 Å². The van der Waals surface area contributed by atoms with Gasteiger partial charge in [-0.25, -0.2) is 0 Å². The first-order valence-corrected chi connectivity index (χ1v) is 7.21. The van der Waals surface area contributed by atoms with E-state index in [1.165, 1.54) is 0 Å². The quantitative estimate of drug-likeness (QED) is 0.830. The molecule has 0 spiro atoms. The van der Waals surface area contributed by atoms with Crippen LogP contribution in [-0.4, -0.2) is 44.8 Å². The molecule has 1 N–H and O–H groups in total. The molecule has 0 saturated heterocycles. The molecule has 1 aromatic carbocycles. The SMILES string of the molecule is CC(C(=O)N(C)Cc1ccccc1)S(=O)CCO. The summed E-state index contributed by atoms with van der Waals surface area (Å²) in [4.78, 5) is 13.6. The van der Waals surface area contributed by atoms with Gasteiger partial charge in [0.05, 0.1) is 6.61 Å². The van der Waals surface area contributed by atoms with Crippen LogP contribution < -0.4 is 0 Å². The van der Waals surface area contributed by atoms with Gasteiger partial charge in [-0.05, 0) is 12.5 Å². The molecule has 0 aliphatic rings. The van der Waals surface area contributed by atoms with Crippen LogP contribution in [0.3, 0.4) is 0 Å². The van der Waals surface area contributed by atoms with E-state index in [0.29, 0.717) is 6.54 Å². The minimum absolute atomic E-state index is 0.145. The van der Waals surface area contributed by atoms with Gasteiger partial charge < -0.3 is 10.0 Å². The molecule has 0 saturated carbocycles. The molecule has 0 bridgehead atoms. The van der Waals surface area contributed by atoms with Crippen molar-refractivity contribution in [2.45, 2.75) is 18.7 Å². The van der Waals surface area contributed by atoms with Crippen molar-refractivity contribution in [1.29, 1.82) is 0 Å². The molecular weight excluding hydrogens is 250 g/mol. The van der Waals surface area contributed by atoms with Crippen LogP contribution in [0.5, 0.6) is 0 Å². The molecule has 18 heavy (non-hydrogen) atoms. The van der Waals surface area contributed by atoms with Crippen LogP contribution >= 0.6 is 0 Å². The van der Waals surface area contributed by atoms with Crippen molar-refractivity contribution in [2.75, 3.05) is 19.4 Å². The number of carbonyl (C=O) groups excluding carboxylic acids is 1. The zero-order valence-corrected chi connectivity index (χ0v) is 11.5. The fourth-order valence-electron chi connectivity index (χ4n) is 1.62. The molecule has 4 nitrogen and oxygen atoms in total. The molecule has 0 aliphatic heterocycles. The van der Waals surface area contributed by atoms with E-state index in [1.54, 1.807) is 18.9 Å². The summed E-state index contributed by atoms with van der Waals surface area (Å²) in [6.07, 6.45) is 0. The molecule has 2 unspecified atom stereocenters. The largest absolute Gasteiger partial charge is 0.395 e. The van der Waals surface area contributed by atoms with Gasteiger partial charge in [0.15, 0.2) is 0 Å². The maximum Gasteiger partial charge on any atom is 0.238 e. The van der Waals surface area contributed by atoms with Gasteiger partial charge in [-0.1, -0.05) is 30.3 Å². The second-order valence-electron chi connectivity index (χ2n) is 4.13. The second kappa shape index (κ2) is 7.28. The molecule has 1 rings (SSSR count). The van der Waals surface area contributed by atoms with Crippen LogP contribution in [0.25, 0.3) is 0 Å². The first-order valence-electron chi connectivity index (χ1n) is 5.83. The molecule has 1 amide bonds. The topological polar surface area (TPSA) is 57.6 Å². The van der Waals surface area contributed by atoms with E-state index in [9.17, 15) is 9.00 Å². The number of hydrogen-bond donors (Lipinski definition) is 1. The lowest BCUT2D eigenvalue weighted by molar-refractivity contribution is -0.129. The molecular formula is C13H19NO3S. The van der Waals surface area contributed by atoms with Crippen LogP contribution in [0.15, 0.2) is 30.3 Å². The minimum Gasteiger partial charge on any atom is -0.395 e. The van der Waals surface area contributed by atoms with Crippen molar-refractivity contribution in [3.05, 3.63) is 35.9 Å². The highest BCUT2D eigenvalue weighted by Gasteiger charge is 2.22. The summed E-state index contributed by atoms with van der Waals surface area (Å²) < 4.78 is 11.6. The van der Waals surface area contributed by atoms with E-state index in [2.05, 4.69) is 0 Å². The normalized spacial score (nSPS) is 13.9. The third-order valence-corrected chi connectivity index (χ3v) is 4.25. The van der Waals surface area contributed by atoms with Gasteiger partial charge in [-0.2, -0.15) is 0 Å². The van der Waals surface area contributed by atoms with Crippen molar-refractivity contribution in [2.24, 2.45) is 0 Å². The zero-order chi connectivity index (χ0) is 13.5. The van der Waals surface area contributed by atoms with Crippen molar-refractivity contribution in [1.82, 2.24) is 4.90 Å². The molecule has 5 heteroatoms. The predicted octanol–water partition coefficient (Wildman–Crippen LogP) is 0.774. The standard InChI is InChI=1S/C13H19NO3S/c1-11(18(17)9-8-15)13(16)14(2)10-12-6-4-3-5-7-12/h3-7,11,15H,8-10H2,1-2H3. The van der Waals surface area contributed by atoms with Gasteiger partial charge in [0, 0.05) is 30.1 Å². The number of carbonyl (C=O) groups is 1. The van der Waals surface area contributed by atoms with E-state index < -0.39 is 16.0 Å². The van der Waals surface area contributed by atoms with Crippen LogP contribution in [-0.2, 0) is 22.1 Å². The van der Waals surface area contributed by atoms with Crippen LogP contribution in [0.1, 0.15) is 12.5 Å². The van der Waals surface area contributed by atoms with E-state index >= 15 is 0 Å². The molecule has 0 aromatic heterocycles. The Hall–Kier alpha value is -1.20. The Morgan fingerprint density at radius 1 is 1.39 bits per heavy atom. The highest BCUT2D eigenvalue weighted by atomic mass is 32.2. The summed E-state index contributed by atoms with van der Waals surface area (Å²) >= 11 is 0. The van der Waals surface area contributed by atoms with Gasteiger partial charge in [-0.15, -0.1) is 0 Å². The van der Waals surface area contributed by atoms with Gasteiger partial charge in [0.2, 0.25) is 5.91 Å². The summed E-state index contributed by atoms with van der Waals surface area (Å²) in [5.41, 5.74) is 1.04. The van der Waals surface area contributed by atoms with Crippen LogP contribution in [0, 0.1) is 0 Å². The van der Waals surface area contributed by atoms with Crippen LogP contribution in [0.2, 0.25) is 0 Å². The Bertz CT molecular complexity index is 408. The first-order chi connectivity index (χ1) is 8.56. The smallest absolute Gasteiger partial charge is 0.238 e. The molecule has 2 atom stereocenters. The maximum absolute atomic E-state index is 12.0. The minimum atomic E-state index is -1.31. The summed E-state index contributed by atoms with van der Waals surface area (Å²) in [6, 6.07) is 9.64. The Morgan fingerprint density at radius 2 is 2.00 bits per heavy atom. The maximum atomic E-state index is 12.0. The predicted molar refractivity (Wildman–Crippen MR) is 72.5 cm³/mol. The fraction of sp³-hybridized carbons (Fsp3) is 0.462. The number of rotatable bonds is 6. The average molecular weight is 269 g/mol. The molecule has 100 valence electrons. The molecule has 0 fully saturated rings. The Balaban J connectivity index is 2.58. The Morgan fingerprint density at radius 3 is 2.56 bits per heavy atom. The number of amides is 1. The lowest BCUT2D eigenvalue weighted by Crippen LogP contribution is -2.37. The number of benzene rings is 1. The summed E-state index contributed by atoms with van der Waals surface area (Å²) in [5.74, 6) is -0.0165. The zero-order valence-electron chi connectivity index (χ0n) is 10.7. The third-order valence-electron chi connectivity index (χ3n) is 2.67. The molecule has 0 aliphatic carbocycles. The number of nitrogens with zero attached hydrogens (tertiary/aromatic N) is 1. The average Bonchev–Trinajstić information content (AvgIpc) is 2.38.